The van der Waals surface area contributed by atoms with E-state index in [0.717, 1.165) is 36.9 Å². The topological polar surface area (TPSA) is 48.0 Å². The Morgan fingerprint density at radius 2 is 2.00 bits per heavy atom. The predicted molar refractivity (Wildman–Crippen MR) is 97.6 cm³/mol. The Balaban J connectivity index is 1.78. The molecule has 1 aliphatic heterocycles. The SMILES string of the molecule is CC(C)CCN1CCNC(COc2ccc(C(C)N(C)O)cc2)C1. The van der Waals surface area contributed by atoms with Crippen molar-refractivity contribution >= 4 is 0 Å². The van der Waals surface area contributed by atoms with Crippen LogP contribution in [0.4, 0.5) is 0 Å². The molecular weight excluding hydrogens is 302 g/mol. The molecule has 5 nitrogen and oxygen atoms in total. The molecule has 136 valence electrons. The van der Waals surface area contributed by atoms with Crippen molar-refractivity contribution in [2.75, 3.05) is 39.8 Å². The van der Waals surface area contributed by atoms with E-state index in [9.17, 15) is 5.21 Å². The van der Waals surface area contributed by atoms with Gasteiger partial charge in [-0.1, -0.05) is 26.0 Å². The molecule has 1 saturated heterocycles. The fourth-order valence-electron chi connectivity index (χ4n) is 2.90. The quantitative estimate of drug-likeness (QED) is 0.716. The minimum absolute atomic E-state index is 0.0198. The van der Waals surface area contributed by atoms with E-state index in [-0.39, 0.29) is 6.04 Å². The number of piperazine rings is 1. The van der Waals surface area contributed by atoms with Crippen LogP contribution in [0.15, 0.2) is 24.3 Å². The molecule has 2 atom stereocenters. The van der Waals surface area contributed by atoms with Crippen LogP contribution in [0.5, 0.6) is 5.75 Å². The second-order valence-electron chi connectivity index (χ2n) is 7.26. The molecule has 0 aromatic heterocycles. The summed E-state index contributed by atoms with van der Waals surface area (Å²) >= 11 is 0. The van der Waals surface area contributed by atoms with Crippen LogP contribution in [0.1, 0.15) is 38.8 Å². The van der Waals surface area contributed by atoms with Crippen LogP contribution in [0, 0.1) is 5.92 Å². The average Bonchev–Trinajstić information content (AvgIpc) is 2.58. The Morgan fingerprint density at radius 3 is 2.62 bits per heavy atom. The molecule has 0 spiro atoms. The van der Waals surface area contributed by atoms with Gasteiger partial charge < -0.3 is 20.2 Å². The lowest BCUT2D eigenvalue weighted by Crippen LogP contribution is -2.53. The fourth-order valence-corrected chi connectivity index (χ4v) is 2.90. The molecule has 1 fully saturated rings. The first-order chi connectivity index (χ1) is 11.5. The number of hydroxylamine groups is 2. The van der Waals surface area contributed by atoms with Crippen LogP contribution < -0.4 is 10.1 Å². The molecule has 2 rings (SSSR count). The third kappa shape index (κ3) is 6.06. The van der Waals surface area contributed by atoms with E-state index in [4.69, 9.17) is 4.74 Å². The Labute approximate surface area is 146 Å². The number of hydrogen-bond acceptors (Lipinski definition) is 5. The summed E-state index contributed by atoms with van der Waals surface area (Å²) in [6.45, 7) is 11.6. The number of ether oxygens (including phenoxy) is 1. The molecular formula is C19H33N3O2. The first-order valence-electron chi connectivity index (χ1n) is 9.06. The maximum Gasteiger partial charge on any atom is 0.119 e. The predicted octanol–water partition coefficient (Wildman–Crippen LogP) is 2.77. The number of rotatable bonds is 8. The van der Waals surface area contributed by atoms with E-state index in [1.165, 1.54) is 18.0 Å². The van der Waals surface area contributed by atoms with Gasteiger partial charge in [0.05, 0.1) is 12.1 Å². The zero-order valence-electron chi connectivity index (χ0n) is 15.5. The lowest BCUT2D eigenvalue weighted by atomic mass is 10.1. The van der Waals surface area contributed by atoms with Gasteiger partial charge in [0, 0.05) is 26.7 Å². The third-order valence-corrected chi connectivity index (χ3v) is 4.74. The number of benzene rings is 1. The van der Waals surface area contributed by atoms with E-state index in [1.807, 2.05) is 31.2 Å². The minimum Gasteiger partial charge on any atom is -0.492 e. The second-order valence-corrected chi connectivity index (χ2v) is 7.26. The Morgan fingerprint density at radius 1 is 1.29 bits per heavy atom. The molecule has 0 bridgehead atoms. The van der Waals surface area contributed by atoms with Crippen LogP contribution in [-0.2, 0) is 0 Å². The largest absolute Gasteiger partial charge is 0.492 e. The summed E-state index contributed by atoms with van der Waals surface area (Å²) in [5, 5.41) is 14.3. The smallest absolute Gasteiger partial charge is 0.119 e. The van der Waals surface area contributed by atoms with E-state index < -0.39 is 0 Å². The lowest BCUT2D eigenvalue weighted by Gasteiger charge is -2.33. The molecule has 5 heteroatoms. The van der Waals surface area contributed by atoms with Gasteiger partial charge in [-0.2, -0.15) is 5.06 Å². The molecule has 1 aromatic carbocycles. The van der Waals surface area contributed by atoms with Gasteiger partial charge in [-0.05, 0) is 43.5 Å². The highest BCUT2D eigenvalue weighted by Gasteiger charge is 2.19. The van der Waals surface area contributed by atoms with Crippen molar-refractivity contribution < 1.29 is 9.94 Å². The molecule has 0 aliphatic carbocycles. The van der Waals surface area contributed by atoms with Crippen molar-refractivity contribution in [1.29, 1.82) is 0 Å². The first kappa shape index (κ1) is 19.2. The van der Waals surface area contributed by atoms with Crippen molar-refractivity contribution in [2.24, 2.45) is 5.92 Å². The van der Waals surface area contributed by atoms with E-state index >= 15 is 0 Å². The number of nitrogens with zero attached hydrogens (tertiary/aromatic N) is 2. The highest BCUT2D eigenvalue weighted by molar-refractivity contribution is 5.28. The van der Waals surface area contributed by atoms with Gasteiger partial charge in [0.25, 0.3) is 0 Å². The van der Waals surface area contributed by atoms with Crippen molar-refractivity contribution in [3.05, 3.63) is 29.8 Å². The normalized spacial score (nSPS) is 20.5. The number of hydrogen-bond donors (Lipinski definition) is 2. The summed E-state index contributed by atoms with van der Waals surface area (Å²) in [5.74, 6) is 1.64. The summed E-state index contributed by atoms with van der Waals surface area (Å²) in [4.78, 5) is 2.53. The van der Waals surface area contributed by atoms with Crippen molar-refractivity contribution in [3.63, 3.8) is 0 Å². The van der Waals surface area contributed by atoms with Gasteiger partial charge in [-0.3, -0.25) is 0 Å². The summed E-state index contributed by atoms with van der Waals surface area (Å²) in [6.07, 6.45) is 1.26. The Hall–Kier alpha value is -1.14. The molecule has 0 saturated carbocycles. The highest BCUT2D eigenvalue weighted by Crippen LogP contribution is 2.20. The molecule has 1 aliphatic rings. The monoisotopic (exact) mass is 335 g/mol. The molecule has 1 aromatic rings. The zero-order valence-corrected chi connectivity index (χ0v) is 15.5. The molecule has 1 heterocycles. The van der Waals surface area contributed by atoms with Gasteiger partial charge in [-0.25, -0.2) is 0 Å². The van der Waals surface area contributed by atoms with Crippen LogP contribution in [0.3, 0.4) is 0 Å². The standard InChI is InChI=1S/C19H33N3O2/c1-15(2)9-11-22-12-10-20-18(13-22)14-24-19-7-5-17(6-8-19)16(3)21(4)23/h5-8,15-16,18,20,23H,9-14H2,1-4H3. The van der Waals surface area contributed by atoms with Crippen LogP contribution in [0.2, 0.25) is 0 Å². The van der Waals surface area contributed by atoms with E-state index in [1.54, 1.807) is 7.05 Å². The fraction of sp³-hybridized carbons (Fsp3) is 0.684. The third-order valence-electron chi connectivity index (χ3n) is 4.74. The average molecular weight is 335 g/mol. The molecule has 2 N–H and O–H groups in total. The van der Waals surface area contributed by atoms with Crippen molar-refractivity contribution in [2.45, 2.75) is 39.3 Å². The molecule has 24 heavy (non-hydrogen) atoms. The van der Waals surface area contributed by atoms with E-state index in [0.29, 0.717) is 12.6 Å². The van der Waals surface area contributed by atoms with Crippen LogP contribution in [0.25, 0.3) is 0 Å². The molecule has 2 unspecified atom stereocenters. The summed E-state index contributed by atoms with van der Waals surface area (Å²) < 4.78 is 5.95. The first-order valence-corrected chi connectivity index (χ1v) is 9.06. The molecule has 0 amide bonds. The minimum atomic E-state index is -0.0198. The summed E-state index contributed by atoms with van der Waals surface area (Å²) in [5.41, 5.74) is 1.07. The van der Waals surface area contributed by atoms with Gasteiger partial charge in [0.15, 0.2) is 0 Å². The van der Waals surface area contributed by atoms with Crippen molar-refractivity contribution in [1.82, 2.24) is 15.3 Å². The van der Waals surface area contributed by atoms with Gasteiger partial charge in [-0.15, -0.1) is 0 Å². The van der Waals surface area contributed by atoms with E-state index in [2.05, 4.69) is 24.1 Å². The Bertz CT molecular complexity index is 476. The number of nitrogens with one attached hydrogen (secondary N) is 1. The van der Waals surface area contributed by atoms with Crippen LogP contribution in [-0.4, -0.2) is 61.0 Å². The van der Waals surface area contributed by atoms with Crippen molar-refractivity contribution in [3.8, 4) is 5.75 Å². The Kier molecular flexibility index (Phi) is 7.49. The summed E-state index contributed by atoms with van der Waals surface area (Å²) in [6, 6.07) is 8.34. The highest BCUT2D eigenvalue weighted by atomic mass is 16.5. The lowest BCUT2D eigenvalue weighted by molar-refractivity contribution is -0.0984. The van der Waals surface area contributed by atoms with Gasteiger partial charge in [0.1, 0.15) is 12.4 Å². The maximum absolute atomic E-state index is 9.51. The van der Waals surface area contributed by atoms with Crippen LogP contribution >= 0.6 is 0 Å². The van der Waals surface area contributed by atoms with Gasteiger partial charge in [0.2, 0.25) is 0 Å². The summed E-state index contributed by atoms with van der Waals surface area (Å²) in [7, 11) is 1.66. The maximum atomic E-state index is 9.51. The van der Waals surface area contributed by atoms with Gasteiger partial charge >= 0.3 is 0 Å². The molecule has 0 radical (unpaired) electrons. The second kappa shape index (κ2) is 9.37. The zero-order chi connectivity index (χ0) is 17.5.